The fraction of sp³-hybridized carbons (Fsp3) is 0.235. The van der Waals surface area contributed by atoms with Crippen molar-refractivity contribution in [2.75, 3.05) is 0 Å². The normalized spacial score (nSPS) is 20.5. The quantitative estimate of drug-likeness (QED) is 0.515. The van der Waals surface area contributed by atoms with Gasteiger partial charge in [-0.2, -0.15) is 0 Å². The second kappa shape index (κ2) is 6.14. The number of halogens is 1. The van der Waals surface area contributed by atoms with Crippen LogP contribution < -0.4 is 0 Å². The molecule has 4 nitrogen and oxygen atoms in total. The van der Waals surface area contributed by atoms with Crippen LogP contribution in [0, 0.1) is 5.82 Å². The van der Waals surface area contributed by atoms with E-state index in [1.807, 2.05) is 12.3 Å². The third-order valence-corrected chi connectivity index (χ3v) is 5.96. The van der Waals surface area contributed by atoms with Crippen LogP contribution in [-0.2, 0) is 9.53 Å². The van der Waals surface area contributed by atoms with Crippen molar-refractivity contribution in [2.45, 2.75) is 29.7 Å². The van der Waals surface area contributed by atoms with Gasteiger partial charge in [0.25, 0.3) is 0 Å². The molecule has 3 aromatic rings. The van der Waals surface area contributed by atoms with Crippen LogP contribution >= 0.6 is 23.1 Å². The van der Waals surface area contributed by atoms with E-state index in [0.29, 0.717) is 6.42 Å². The molecule has 7 heteroatoms. The van der Waals surface area contributed by atoms with Crippen molar-refractivity contribution in [1.29, 1.82) is 0 Å². The summed E-state index contributed by atoms with van der Waals surface area (Å²) in [5, 5.41) is 3.41. The molecule has 122 valence electrons. The summed E-state index contributed by atoms with van der Waals surface area (Å²) in [5.41, 5.74) is 1.86. The topological polar surface area (TPSA) is 52.1 Å². The number of ether oxygens (including phenoxy) is 1. The molecule has 0 radical (unpaired) electrons. The zero-order valence-electron chi connectivity index (χ0n) is 12.7. The van der Waals surface area contributed by atoms with Crippen LogP contribution in [0.2, 0.25) is 0 Å². The van der Waals surface area contributed by atoms with E-state index >= 15 is 0 Å². The Labute approximate surface area is 146 Å². The number of benzene rings is 1. The van der Waals surface area contributed by atoms with Crippen LogP contribution in [0.3, 0.4) is 0 Å². The van der Waals surface area contributed by atoms with Gasteiger partial charge >= 0.3 is 5.97 Å². The lowest BCUT2D eigenvalue weighted by Crippen LogP contribution is -2.09. The number of fused-ring (bicyclic) bond motifs is 1. The Morgan fingerprint density at radius 1 is 1.29 bits per heavy atom. The lowest BCUT2D eigenvalue weighted by Gasteiger charge is -2.07. The van der Waals surface area contributed by atoms with Crippen molar-refractivity contribution in [3.8, 4) is 11.1 Å². The number of esters is 1. The van der Waals surface area contributed by atoms with Gasteiger partial charge in [-0.1, -0.05) is 23.9 Å². The van der Waals surface area contributed by atoms with Crippen molar-refractivity contribution >= 4 is 39.3 Å². The van der Waals surface area contributed by atoms with E-state index in [1.165, 1.54) is 41.6 Å². The first-order chi connectivity index (χ1) is 11.6. The third-order valence-electron chi connectivity index (χ3n) is 3.87. The first-order valence-corrected chi connectivity index (χ1v) is 9.23. The maximum absolute atomic E-state index is 13.2. The second-order valence-corrected chi connectivity index (χ2v) is 7.65. The predicted octanol–water partition coefficient (Wildman–Crippen LogP) is 4.29. The molecular weight excluding hydrogens is 347 g/mol. The third kappa shape index (κ3) is 2.78. The first-order valence-electron chi connectivity index (χ1n) is 7.47. The fourth-order valence-electron chi connectivity index (χ4n) is 2.73. The number of thiophene rings is 1. The number of hydrogen-bond acceptors (Lipinski definition) is 6. The summed E-state index contributed by atoms with van der Waals surface area (Å²) in [6.45, 7) is 1.89. The lowest BCUT2D eigenvalue weighted by molar-refractivity contribution is -0.140. The van der Waals surface area contributed by atoms with Crippen LogP contribution in [-0.4, -0.2) is 27.3 Å². The summed E-state index contributed by atoms with van der Waals surface area (Å²) in [7, 11) is 0. The highest BCUT2D eigenvalue weighted by molar-refractivity contribution is 8.00. The molecule has 0 N–H and O–H groups in total. The van der Waals surface area contributed by atoms with Gasteiger partial charge in [-0.25, -0.2) is 14.4 Å². The average Bonchev–Trinajstić information content (AvgIpc) is 3.12. The molecule has 0 spiro atoms. The first kappa shape index (κ1) is 15.5. The number of aromatic nitrogens is 2. The number of carbonyl (C=O) groups is 1. The molecule has 24 heavy (non-hydrogen) atoms. The summed E-state index contributed by atoms with van der Waals surface area (Å²) in [5.74, 6) is -0.468. The van der Waals surface area contributed by atoms with Gasteiger partial charge in [0, 0.05) is 17.4 Å². The van der Waals surface area contributed by atoms with Crippen molar-refractivity contribution in [3.05, 3.63) is 41.8 Å². The number of carbonyl (C=O) groups excluding carboxylic acids is 1. The van der Waals surface area contributed by atoms with Crippen molar-refractivity contribution < 1.29 is 13.9 Å². The summed E-state index contributed by atoms with van der Waals surface area (Å²) in [6, 6.07) is 6.35. The van der Waals surface area contributed by atoms with Crippen molar-refractivity contribution in [3.63, 3.8) is 0 Å². The van der Waals surface area contributed by atoms with E-state index in [-0.39, 0.29) is 23.1 Å². The zero-order chi connectivity index (χ0) is 16.7. The van der Waals surface area contributed by atoms with Gasteiger partial charge in [-0.15, -0.1) is 11.3 Å². The minimum Gasteiger partial charge on any atom is -0.462 e. The van der Waals surface area contributed by atoms with E-state index in [1.54, 1.807) is 12.1 Å². The molecule has 2 aromatic heterocycles. The second-order valence-electron chi connectivity index (χ2n) is 5.60. The molecule has 1 aliphatic heterocycles. The molecule has 1 aliphatic rings. The van der Waals surface area contributed by atoms with Crippen LogP contribution in [0.5, 0.6) is 0 Å². The van der Waals surface area contributed by atoms with Gasteiger partial charge in [0.15, 0.2) is 0 Å². The van der Waals surface area contributed by atoms with Crippen LogP contribution in [0.15, 0.2) is 41.0 Å². The highest BCUT2D eigenvalue weighted by atomic mass is 32.2. The molecule has 0 amide bonds. The Kier molecular flexibility index (Phi) is 3.97. The SMILES string of the molecule is C[C@@H]1C[C@H](Sc2ncnc3scc(-c4ccc(F)cc4)c23)C(=O)O1. The highest BCUT2D eigenvalue weighted by Gasteiger charge is 2.33. The Morgan fingerprint density at radius 2 is 2.08 bits per heavy atom. The van der Waals surface area contributed by atoms with Gasteiger partial charge in [-0.3, -0.25) is 4.79 Å². The van der Waals surface area contributed by atoms with Crippen molar-refractivity contribution in [1.82, 2.24) is 9.97 Å². The molecule has 2 atom stereocenters. The van der Waals surface area contributed by atoms with E-state index in [0.717, 1.165) is 26.4 Å². The molecule has 1 fully saturated rings. The van der Waals surface area contributed by atoms with Crippen LogP contribution in [0.4, 0.5) is 4.39 Å². The molecule has 0 unspecified atom stereocenters. The Balaban J connectivity index is 1.77. The molecule has 3 heterocycles. The van der Waals surface area contributed by atoms with Crippen LogP contribution in [0.1, 0.15) is 13.3 Å². The van der Waals surface area contributed by atoms with E-state index in [2.05, 4.69) is 9.97 Å². The van der Waals surface area contributed by atoms with E-state index < -0.39 is 0 Å². The monoisotopic (exact) mass is 360 g/mol. The van der Waals surface area contributed by atoms with Crippen molar-refractivity contribution in [2.24, 2.45) is 0 Å². The van der Waals surface area contributed by atoms with Gasteiger partial charge < -0.3 is 4.74 Å². The molecular formula is C17H13FN2O2S2. The Morgan fingerprint density at radius 3 is 2.79 bits per heavy atom. The molecule has 0 saturated carbocycles. The number of thioether (sulfide) groups is 1. The number of rotatable bonds is 3. The smallest absolute Gasteiger partial charge is 0.319 e. The predicted molar refractivity (Wildman–Crippen MR) is 92.6 cm³/mol. The maximum atomic E-state index is 13.2. The fourth-order valence-corrected chi connectivity index (χ4v) is 4.93. The van der Waals surface area contributed by atoms with E-state index in [4.69, 9.17) is 4.74 Å². The summed E-state index contributed by atoms with van der Waals surface area (Å²) in [6.07, 6.45) is 2.12. The molecule has 0 aliphatic carbocycles. The number of cyclic esters (lactones) is 1. The zero-order valence-corrected chi connectivity index (χ0v) is 14.4. The van der Waals surface area contributed by atoms with Gasteiger partial charge in [-0.05, 0) is 24.6 Å². The molecule has 0 bridgehead atoms. The lowest BCUT2D eigenvalue weighted by atomic mass is 10.1. The Bertz CT molecular complexity index is 911. The Hall–Kier alpha value is -1.99. The summed E-state index contributed by atoms with van der Waals surface area (Å²) in [4.78, 5) is 21.5. The minimum absolute atomic E-state index is 0.0635. The average molecular weight is 360 g/mol. The van der Waals surface area contributed by atoms with Crippen LogP contribution in [0.25, 0.3) is 21.3 Å². The molecule has 4 rings (SSSR count). The number of nitrogens with zero attached hydrogens (tertiary/aromatic N) is 2. The van der Waals surface area contributed by atoms with Gasteiger partial charge in [0.2, 0.25) is 0 Å². The standard InChI is InChI=1S/C17H13FN2O2S2/c1-9-6-13(17(21)22-9)24-16-14-12(7-23-15(14)19-8-20-16)10-2-4-11(18)5-3-10/h2-5,7-9,13H,6H2,1H3/t9-,13+/m1/s1. The van der Waals surface area contributed by atoms with Gasteiger partial charge in [0.05, 0.1) is 5.39 Å². The molecule has 1 aromatic carbocycles. The van der Waals surface area contributed by atoms with E-state index in [9.17, 15) is 9.18 Å². The highest BCUT2D eigenvalue weighted by Crippen LogP contribution is 2.40. The van der Waals surface area contributed by atoms with Gasteiger partial charge in [0.1, 0.15) is 33.4 Å². The maximum Gasteiger partial charge on any atom is 0.319 e. The summed E-state index contributed by atoms with van der Waals surface area (Å²) < 4.78 is 18.4. The number of hydrogen-bond donors (Lipinski definition) is 0. The summed E-state index contributed by atoms with van der Waals surface area (Å²) >= 11 is 2.93. The molecule has 1 saturated heterocycles. The largest absolute Gasteiger partial charge is 0.462 e. The minimum atomic E-state index is -0.271.